The molecule has 0 fully saturated rings. The zero-order valence-corrected chi connectivity index (χ0v) is 12.4. The van der Waals surface area contributed by atoms with Crippen LogP contribution in [0.3, 0.4) is 0 Å². The summed E-state index contributed by atoms with van der Waals surface area (Å²) in [4.78, 5) is 4.24. The Balaban J connectivity index is 2.29. The third kappa shape index (κ3) is 3.17. The van der Waals surface area contributed by atoms with Gasteiger partial charge >= 0.3 is 0 Å². The summed E-state index contributed by atoms with van der Waals surface area (Å²) in [6, 6.07) is 4.02. The fourth-order valence-corrected chi connectivity index (χ4v) is 2.01. The molecule has 1 heterocycles. The lowest BCUT2D eigenvalue weighted by Crippen LogP contribution is -2.06. The molecule has 1 aromatic heterocycles. The molecule has 20 heavy (non-hydrogen) atoms. The van der Waals surface area contributed by atoms with Crippen LogP contribution in [0.2, 0.25) is 0 Å². The molecule has 2 N–H and O–H groups in total. The molecule has 0 amide bonds. The minimum absolute atomic E-state index is 0.251. The number of benzene rings is 1. The number of hydrogen-bond acceptors (Lipinski definition) is 5. The number of ether oxygens (including phenoxy) is 1. The van der Waals surface area contributed by atoms with E-state index in [4.69, 9.17) is 15.0 Å². The van der Waals surface area contributed by atoms with Gasteiger partial charge in [0.25, 0.3) is 0 Å². The van der Waals surface area contributed by atoms with Gasteiger partial charge in [-0.1, -0.05) is 19.0 Å². The van der Waals surface area contributed by atoms with Crippen LogP contribution in [-0.2, 0) is 6.54 Å². The highest BCUT2D eigenvalue weighted by Gasteiger charge is 2.12. The van der Waals surface area contributed by atoms with E-state index in [1.807, 2.05) is 26.0 Å². The van der Waals surface area contributed by atoms with Crippen molar-refractivity contribution in [1.82, 2.24) is 10.1 Å². The number of rotatable bonds is 5. The Hall–Kier alpha value is -1.88. The third-order valence-electron chi connectivity index (χ3n) is 2.92. The molecule has 0 bridgehead atoms. The summed E-state index contributed by atoms with van der Waals surface area (Å²) in [6.45, 7) is 9.27. The maximum Gasteiger partial charge on any atom is 0.240 e. The molecule has 0 saturated carbocycles. The van der Waals surface area contributed by atoms with Crippen molar-refractivity contribution < 1.29 is 9.26 Å². The van der Waals surface area contributed by atoms with Crippen LogP contribution in [0, 0.1) is 19.8 Å². The Morgan fingerprint density at radius 3 is 2.40 bits per heavy atom. The molecule has 1 aromatic carbocycles. The van der Waals surface area contributed by atoms with Crippen LogP contribution in [0.15, 0.2) is 16.7 Å². The average molecular weight is 275 g/mol. The van der Waals surface area contributed by atoms with Crippen molar-refractivity contribution in [2.75, 3.05) is 6.61 Å². The summed E-state index contributed by atoms with van der Waals surface area (Å²) < 4.78 is 10.9. The van der Waals surface area contributed by atoms with Crippen LogP contribution >= 0.6 is 0 Å². The van der Waals surface area contributed by atoms with Crippen molar-refractivity contribution in [3.8, 4) is 17.1 Å². The first kappa shape index (κ1) is 14.5. The molecule has 2 rings (SSSR count). The Bertz CT molecular complexity index is 568. The molecule has 0 atom stereocenters. The Morgan fingerprint density at radius 1 is 1.25 bits per heavy atom. The summed E-state index contributed by atoms with van der Waals surface area (Å²) in [6.07, 6.45) is 0. The normalized spacial score (nSPS) is 11.1. The lowest BCUT2D eigenvalue weighted by atomic mass is 10.1. The molecule has 0 aliphatic carbocycles. The Morgan fingerprint density at radius 2 is 1.90 bits per heavy atom. The molecule has 0 aliphatic heterocycles. The fourth-order valence-electron chi connectivity index (χ4n) is 2.01. The topological polar surface area (TPSA) is 74.2 Å². The van der Waals surface area contributed by atoms with Crippen LogP contribution in [0.1, 0.15) is 30.9 Å². The van der Waals surface area contributed by atoms with Crippen LogP contribution < -0.4 is 10.5 Å². The monoisotopic (exact) mass is 275 g/mol. The average Bonchev–Trinajstić information content (AvgIpc) is 2.86. The van der Waals surface area contributed by atoms with Gasteiger partial charge in [-0.3, -0.25) is 0 Å². The fraction of sp³-hybridized carbons (Fsp3) is 0.467. The Kier molecular flexibility index (Phi) is 4.39. The van der Waals surface area contributed by atoms with Gasteiger partial charge in [-0.15, -0.1) is 0 Å². The SMILES string of the molecule is Cc1cc(-c2noc(CN)n2)cc(C)c1OCC(C)C. The predicted molar refractivity (Wildman–Crippen MR) is 77.4 cm³/mol. The molecule has 0 unspecified atom stereocenters. The Labute approximate surface area is 119 Å². The maximum absolute atomic E-state index is 5.86. The molecule has 0 radical (unpaired) electrons. The van der Waals surface area contributed by atoms with Crippen molar-refractivity contribution in [2.45, 2.75) is 34.2 Å². The van der Waals surface area contributed by atoms with Gasteiger partial charge in [0, 0.05) is 5.56 Å². The molecule has 5 nitrogen and oxygen atoms in total. The molecular weight excluding hydrogens is 254 g/mol. The number of hydrogen-bond donors (Lipinski definition) is 1. The van der Waals surface area contributed by atoms with Gasteiger partial charge in [0.15, 0.2) is 0 Å². The standard InChI is InChI=1S/C15H21N3O2/c1-9(2)8-19-14-10(3)5-12(6-11(14)4)15-17-13(7-16)20-18-15/h5-6,9H,7-8,16H2,1-4H3. The first-order chi connectivity index (χ1) is 9.51. The number of nitrogens with two attached hydrogens (primary N) is 1. The number of nitrogens with zero attached hydrogens (tertiary/aromatic N) is 2. The first-order valence-electron chi connectivity index (χ1n) is 6.78. The molecule has 5 heteroatoms. The highest BCUT2D eigenvalue weighted by molar-refractivity contribution is 5.60. The summed E-state index contributed by atoms with van der Waals surface area (Å²) >= 11 is 0. The van der Waals surface area contributed by atoms with Crippen molar-refractivity contribution >= 4 is 0 Å². The maximum atomic E-state index is 5.86. The minimum Gasteiger partial charge on any atom is -0.493 e. The first-order valence-corrected chi connectivity index (χ1v) is 6.78. The van der Waals surface area contributed by atoms with Crippen LogP contribution in [-0.4, -0.2) is 16.7 Å². The largest absolute Gasteiger partial charge is 0.493 e. The van der Waals surface area contributed by atoms with Crippen LogP contribution in [0.4, 0.5) is 0 Å². The van der Waals surface area contributed by atoms with Crippen LogP contribution in [0.5, 0.6) is 5.75 Å². The van der Waals surface area contributed by atoms with E-state index in [0.29, 0.717) is 24.2 Å². The summed E-state index contributed by atoms with van der Waals surface area (Å²) in [5, 5.41) is 3.94. The molecule has 0 spiro atoms. The lowest BCUT2D eigenvalue weighted by molar-refractivity contribution is 0.268. The van der Waals surface area contributed by atoms with Gasteiger partial charge in [0.05, 0.1) is 13.2 Å². The zero-order valence-electron chi connectivity index (χ0n) is 12.4. The highest BCUT2D eigenvalue weighted by atomic mass is 16.5. The summed E-state index contributed by atoms with van der Waals surface area (Å²) in [5.74, 6) is 2.44. The second-order valence-electron chi connectivity index (χ2n) is 5.36. The van der Waals surface area contributed by atoms with Crippen molar-refractivity contribution in [1.29, 1.82) is 0 Å². The van der Waals surface area contributed by atoms with E-state index < -0.39 is 0 Å². The highest BCUT2D eigenvalue weighted by Crippen LogP contribution is 2.29. The second kappa shape index (κ2) is 6.05. The summed E-state index contributed by atoms with van der Waals surface area (Å²) in [7, 11) is 0. The zero-order chi connectivity index (χ0) is 14.7. The molecule has 2 aromatic rings. The molecule has 0 saturated heterocycles. The van der Waals surface area contributed by atoms with E-state index in [9.17, 15) is 0 Å². The second-order valence-corrected chi connectivity index (χ2v) is 5.36. The van der Waals surface area contributed by atoms with Gasteiger partial charge in [-0.25, -0.2) is 0 Å². The molecular formula is C15H21N3O2. The van der Waals surface area contributed by atoms with E-state index in [-0.39, 0.29) is 6.54 Å². The van der Waals surface area contributed by atoms with Gasteiger partial charge in [-0.2, -0.15) is 4.98 Å². The van der Waals surface area contributed by atoms with Crippen molar-refractivity contribution in [2.24, 2.45) is 11.7 Å². The van der Waals surface area contributed by atoms with Crippen molar-refractivity contribution in [3.63, 3.8) is 0 Å². The minimum atomic E-state index is 0.251. The molecule has 0 aliphatic rings. The van der Waals surface area contributed by atoms with E-state index >= 15 is 0 Å². The smallest absolute Gasteiger partial charge is 0.240 e. The van der Waals surface area contributed by atoms with Gasteiger partial charge in [0.2, 0.25) is 11.7 Å². The number of aromatic nitrogens is 2. The summed E-state index contributed by atoms with van der Waals surface area (Å²) in [5.41, 5.74) is 8.53. The van der Waals surface area contributed by atoms with E-state index in [2.05, 4.69) is 24.0 Å². The van der Waals surface area contributed by atoms with E-state index in [1.165, 1.54) is 0 Å². The van der Waals surface area contributed by atoms with Gasteiger partial charge in [0.1, 0.15) is 5.75 Å². The number of aryl methyl sites for hydroxylation is 2. The van der Waals surface area contributed by atoms with E-state index in [0.717, 1.165) is 22.4 Å². The molecule has 108 valence electrons. The quantitative estimate of drug-likeness (QED) is 0.908. The van der Waals surface area contributed by atoms with Gasteiger partial charge in [-0.05, 0) is 43.0 Å². The van der Waals surface area contributed by atoms with Gasteiger partial charge < -0.3 is 15.0 Å². The van der Waals surface area contributed by atoms with Crippen molar-refractivity contribution in [3.05, 3.63) is 29.2 Å². The lowest BCUT2D eigenvalue weighted by Gasteiger charge is -2.14. The predicted octanol–water partition coefficient (Wildman–Crippen LogP) is 2.85. The van der Waals surface area contributed by atoms with E-state index in [1.54, 1.807) is 0 Å². The van der Waals surface area contributed by atoms with Crippen LogP contribution in [0.25, 0.3) is 11.4 Å². The third-order valence-corrected chi connectivity index (χ3v) is 2.92.